The van der Waals surface area contributed by atoms with E-state index in [1.807, 2.05) is 36.4 Å². The normalized spacial score (nSPS) is 17.3. The number of hydrogen-bond acceptors (Lipinski definition) is 2. The van der Waals surface area contributed by atoms with E-state index < -0.39 is 5.24 Å². The van der Waals surface area contributed by atoms with Gasteiger partial charge in [0.1, 0.15) is 5.15 Å². The van der Waals surface area contributed by atoms with Gasteiger partial charge in [0.2, 0.25) is 5.24 Å². The Kier molecular flexibility index (Phi) is 4.09. The van der Waals surface area contributed by atoms with Gasteiger partial charge >= 0.3 is 0 Å². The van der Waals surface area contributed by atoms with E-state index in [1.165, 1.54) is 0 Å². The van der Waals surface area contributed by atoms with E-state index in [-0.39, 0.29) is 12.3 Å². The van der Waals surface area contributed by atoms with Gasteiger partial charge in [0, 0.05) is 16.9 Å². The molecule has 3 rings (SSSR count). The zero-order valence-corrected chi connectivity index (χ0v) is 12.7. The van der Waals surface area contributed by atoms with Crippen LogP contribution in [0, 0.1) is 0 Å². The molecule has 21 heavy (non-hydrogen) atoms. The number of aromatic nitrogens is 1. The number of hydrogen-bond donors (Lipinski definition) is 0. The number of allylic oxidation sites excluding steroid dienone is 4. The molecule has 0 fully saturated rings. The summed E-state index contributed by atoms with van der Waals surface area (Å²) in [6, 6.07) is 7.84. The van der Waals surface area contributed by atoms with E-state index in [2.05, 4.69) is 17.1 Å². The molecular weight excluding hydrogens is 305 g/mol. The summed E-state index contributed by atoms with van der Waals surface area (Å²) in [6.07, 6.45) is 9.25. The highest BCUT2D eigenvalue weighted by atomic mass is 35.5. The Hall–Kier alpha value is -1.64. The van der Waals surface area contributed by atoms with Crippen LogP contribution in [0.5, 0.6) is 0 Å². The second-order valence-electron chi connectivity index (χ2n) is 5.00. The van der Waals surface area contributed by atoms with Crippen molar-refractivity contribution < 1.29 is 4.79 Å². The maximum atomic E-state index is 11.4. The van der Waals surface area contributed by atoms with Crippen molar-refractivity contribution in [3.63, 3.8) is 0 Å². The van der Waals surface area contributed by atoms with Gasteiger partial charge in [-0.05, 0) is 29.7 Å². The number of halogens is 2. The Morgan fingerprint density at radius 1 is 1.29 bits per heavy atom. The van der Waals surface area contributed by atoms with Crippen molar-refractivity contribution in [1.29, 1.82) is 0 Å². The molecule has 1 aliphatic carbocycles. The number of pyridine rings is 1. The Labute approximate surface area is 133 Å². The maximum absolute atomic E-state index is 11.4. The first-order valence-corrected chi connectivity index (χ1v) is 7.51. The van der Waals surface area contributed by atoms with Gasteiger partial charge in [-0.15, -0.1) is 0 Å². The minimum atomic E-state index is -0.425. The Morgan fingerprint density at radius 2 is 2.10 bits per heavy atom. The van der Waals surface area contributed by atoms with Gasteiger partial charge in [0.25, 0.3) is 0 Å². The molecule has 1 unspecified atom stereocenters. The largest absolute Gasteiger partial charge is 0.281 e. The molecular formula is C17H13Cl2NO. The first-order valence-electron chi connectivity index (χ1n) is 6.75. The summed E-state index contributed by atoms with van der Waals surface area (Å²) in [4.78, 5) is 15.8. The number of rotatable bonds is 3. The van der Waals surface area contributed by atoms with Crippen LogP contribution in [0.25, 0.3) is 10.9 Å². The van der Waals surface area contributed by atoms with Gasteiger partial charge in [-0.3, -0.25) is 4.79 Å². The molecule has 0 saturated carbocycles. The predicted molar refractivity (Wildman–Crippen MR) is 87.0 cm³/mol. The summed E-state index contributed by atoms with van der Waals surface area (Å²) < 4.78 is 0. The summed E-state index contributed by atoms with van der Waals surface area (Å²) in [5, 5.41) is 0.964. The molecule has 1 aromatic heterocycles. The van der Waals surface area contributed by atoms with Gasteiger partial charge in [0.15, 0.2) is 0 Å². The SMILES string of the molecule is O=C(Cl)Cc1c(Cl)nc2ccccc2c1C1C=CC=CC1. The summed E-state index contributed by atoms with van der Waals surface area (Å²) >= 11 is 11.9. The molecule has 0 saturated heterocycles. The van der Waals surface area contributed by atoms with E-state index in [4.69, 9.17) is 23.2 Å². The van der Waals surface area contributed by atoms with E-state index in [1.54, 1.807) is 0 Å². The van der Waals surface area contributed by atoms with Crippen LogP contribution in [0.2, 0.25) is 5.15 Å². The summed E-state index contributed by atoms with van der Waals surface area (Å²) in [5.74, 6) is 0.186. The lowest BCUT2D eigenvalue weighted by atomic mass is 9.86. The standard InChI is InChI=1S/C17H13Cl2NO/c18-15(21)10-13-16(11-6-2-1-3-7-11)12-8-4-5-9-14(12)20-17(13)19/h1-6,8-9,11H,7,10H2. The second kappa shape index (κ2) is 6.00. The molecule has 106 valence electrons. The highest BCUT2D eigenvalue weighted by Gasteiger charge is 2.21. The Bertz CT molecular complexity index is 765. The van der Waals surface area contributed by atoms with E-state index >= 15 is 0 Å². The third-order valence-corrected chi connectivity index (χ3v) is 4.10. The topological polar surface area (TPSA) is 30.0 Å². The lowest BCUT2D eigenvalue weighted by Gasteiger charge is -2.20. The first-order chi connectivity index (χ1) is 10.2. The smallest absolute Gasteiger partial charge is 0.226 e. The van der Waals surface area contributed by atoms with Crippen molar-refractivity contribution >= 4 is 39.3 Å². The van der Waals surface area contributed by atoms with E-state index in [0.29, 0.717) is 5.15 Å². The van der Waals surface area contributed by atoms with Crippen LogP contribution >= 0.6 is 23.2 Å². The third kappa shape index (κ3) is 2.87. The third-order valence-electron chi connectivity index (χ3n) is 3.65. The lowest BCUT2D eigenvalue weighted by Crippen LogP contribution is -2.08. The second-order valence-corrected chi connectivity index (χ2v) is 5.78. The number of carbonyl (C=O) groups is 1. The molecule has 4 heteroatoms. The monoisotopic (exact) mass is 317 g/mol. The highest BCUT2D eigenvalue weighted by molar-refractivity contribution is 6.63. The molecule has 0 aliphatic heterocycles. The summed E-state index contributed by atoms with van der Waals surface area (Å²) in [7, 11) is 0. The van der Waals surface area contributed by atoms with Crippen molar-refractivity contribution in [3.8, 4) is 0 Å². The highest BCUT2D eigenvalue weighted by Crippen LogP contribution is 2.36. The van der Waals surface area contributed by atoms with Crippen molar-refractivity contribution in [3.05, 3.63) is 64.8 Å². The van der Waals surface area contributed by atoms with Crippen LogP contribution in [-0.2, 0) is 11.2 Å². The van der Waals surface area contributed by atoms with E-state index in [9.17, 15) is 4.79 Å². The molecule has 2 aromatic rings. The van der Waals surface area contributed by atoms with Crippen molar-refractivity contribution in [2.24, 2.45) is 0 Å². The van der Waals surface area contributed by atoms with Crippen LogP contribution in [0.15, 0.2) is 48.6 Å². The van der Waals surface area contributed by atoms with Gasteiger partial charge in [-0.25, -0.2) is 4.98 Å². The fraction of sp³-hybridized carbons (Fsp3) is 0.176. The van der Waals surface area contributed by atoms with Crippen LogP contribution in [0.1, 0.15) is 23.5 Å². The fourth-order valence-electron chi connectivity index (χ4n) is 2.77. The molecule has 2 nitrogen and oxygen atoms in total. The number of para-hydroxylation sites is 1. The van der Waals surface area contributed by atoms with Gasteiger partial charge < -0.3 is 0 Å². The van der Waals surface area contributed by atoms with Crippen molar-refractivity contribution in [2.75, 3.05) is 0 Å². The van der Waals surface area contributed by atoms with Crippen molar-refractivity contribution in [1.82, 2.24) is 4.98 Å². The van der Waals surface area contributed by atoms with Crippen molar-refractivity contribution in [2.45, 2.75) is 18.8 Å². The first kappa shape index (κ1) is 14.3. The molecule has 1 aromatic carbocycles. The molecule has 0 radical (unpaired) electrons. The molecule has 0 bridgehead atoms. The Balaban J connectivity index is 2.27. The number of carbonyl (C=O) groups excluding carboxylic acids is 1. The molecule has 1 heterocycles. The minimum absolute atomic E-state index is 0.0988. The fourth-order valence-corrected chi connectivity index (χ4v) is 3.16. The molecule has 0 N–H and O–H groups in total. The average Bonchev–Trinajstić information content (AvgIpc) is 2.48. The summed E-state index contributed by atoms with van der Waals surface area (Å²) in [5.41, 5.74) is 2.63. The predicted octanol–water partition coefficient (Wildman–Crippen LogP) is 4.80. The van der Waals surface area contributed by atoms with Gasteiger partial charge in [0.05, 0.1) is 11.9 Å². The summed E-state index contributed by atoms with van der Waals surface area (Å²) in [6.45, 7) is 0. The van der Waals surface area contributed by atoms with Crippen LogP contribution in [0.4, 0.5) is 0 Å². The average molecular weight is 318 g/mol. The van der Waals surface area contributed by atoms with Gasteiger partial charge in [-0.2, -0.15) is 0 Å². The molecule has 1 aliphatic rings. The quantitative estimate of drug-likeness (QED) is 0.601. The van der Waals surface area contributed by atoms with E-state index in [0.717, 1.165) is 28.5 Å². The zero-order chi connectivity index (χ0) is 14.8. The number of benzene rings is 1. The molecule has 0 spiro atoms. The maximum Gasteiger partial charge on any atom is 0.226 e. The minimum Gasteiger partial charge on any atom is -0.281 e. The molecule has 0 amide bonds. The van der Waals surface area contributed by atoms with Gasteiger partial charge in [-0.1, -0.05) is 54.1 Å². The van der Waals surface area contributed by atoms with Crippen LogP contribution in [-0.4, -0.2) is 10.2 Å². The number of nitrogens with zero attached hydrogens (tertiary/aromatic N) is 1. The number of fused-ring (bicyclic) bond motifs is 1. The molecule has 1 atom stereocenters. The zero-order valence-electron chi connectivity index (χ0n) is 11.2. The lowest BCUT2D eigenvalue weighted by molar-refractivity contribution is -0.111. The Morgan fingerprint density at radius 3 is 2.81 bits per heavy atom. The van der Waals surface area contributed by atoms with Crippen LogP contribution in [0.3, 0.4) is 0 Å². The van der Waals surface area contributed by atoms with Crippen LogP contribution < -0.4 is 0 Å².